The number of ether oxygens (including phenoxy) is 1. The Morgan fingerprint density at radius 1 is 1.22 bits per heavy atom. The average molecular weight is 500 g/mol. The molecule has 1 saturated carbocycles. The number of urea groups is 1. The molecule has 1 aromatic heterocycles. The molecule has 3 atom stereocenters. The van der Waals surface area contributed by atoms with Gasteiger partial charge in [-0.1, -0.05) is 43.9 Å². The first-order chi connectivity index (χ1) is 17.5. The fourth-order valence-corrected chi connectivity index (χ4v) is 6.44. The molecular formula is C29H45N3O4. The summed E-state index contributed by atoms with van der Waals surface area (Å²) in [6.45, 7) is 2.72. The van der Waals surface area contributed by atoms with Gasteiger partial charge in [0.2, 0.25) is 0 Å². The number of rotatable bonds is 12. The Hall–Kier alpha value is -2.09. The van der Waals surface area contributed by atoms with E-state index in [4.69, 9.17) is 9.15 Å². The molecule has 1 aliphatic carbocycles. The largest absolute Gasteiger partial charge is 0.464 e. The summed E-state index contributed by atoms with van der Waals surface area (Å²) in [5.41, 5.74) is 0.515. The van der Waals surface area contributed by atoms with Crippen molar-refractivity contribution in [1.82, 2.24) is 15.5 Å². The number of methoxy groups -OCH3 is 1. The van der Waals surface area contributed by atoms with Crippen molar-refractivity contribution < 1.29 is 19.1 Å². The van der Waals surface area contributed by atoms with Crippen molar-refractivity contribution in [1.29, 1.82) is 0 Å². The maximum Gasteiger partial charge on any atom is 0.317 e. The first kappa shape index (κ1) is 27.0. The number of hydrogen-bond donors (Lipinski definition) is 3. The third kappa shape index (κ3) is 6.42. The number of carbonyl (C=O) groups excluding carboxylic acids is 1. The van der Waals surface area contributed by atoms with Crippen LogP contribution in [0.1, 0.15) is 69.8 Å². The Morgan fingerprint density at radius 2 is 2.06 bits per heavy atom. The molecule has 1 aromatic carbocycles. The standard InChI is InChI=1S/C29H45N3O4/c1-30-20-25(19-22-9-3-4-10-22)31-28(33)32-16-8-12-24(21-32)29(34,15-5-6-17-35-2)26-13-7-11-23-14-18-36-27(23)26/h7,11,13-14,18,22,24-25,30,34H,3-6,8-10,12,15-17,19-21H2,1-2H3,(H,31,33)/t24-,25?,29+/m1/s1. The summed E-state index contributed by atoms with van der Waals surface area (Å²) in [5.74, 6) is 0.650. The number of hydrogen-bond acceptors (Lipinski definition) is 5. The molecule has 1 aliphatic heterocycles. The SMILES string of the molecule is CNCC(CC1CCCC1)NC(=O)N1CCC[C@@H]([C@@](O)(CCCCOC)c2cccc3ccoc23)C1. The highest BCUT2D eigenvalue weighted by molar-refractivity contribution is 5.81. The van der Waals surface area contributed by atoms with E-state index < -0.39 is 5.60 Å². The lowest BCUT2D eigenvalue weighted by Crippen LogP contribution is -2.54. The van der Waals surface area contributed by atoms with E-state index in [1.807, 2.05) is 36.2 Å². The normalized spacial score (nSPS) is 21.5. The van der Waals surface area contributed by atoms with Crippen LogP contribution >= 0.6 is 0 Å². The molecule has 2 aromatic rings. The third-order valence-electron chi connectivity index (χ3n) is 8.36. The van der Waals surface area contributed by atoms with E-state index in [0.29, 0.717) is 25.5 Å². The number of likely N-dealkylation sites (tertiary alicyclic amines) is 1. The number of likely N-dealkylation sites (N-methyl/N-ethyl adjacent to an activating group) is 1. The second-order valence-electron chi connectivity index (χ2n) is 10.9. The number of fused-ring (bicyclic) bond motifs is 1. The molecule has 3 N–H and O–H groups in total. The molecule has 1 unspecified atom stereocenters. The van der Waals surface area contributed by atoms with Crippen molar-refractivity contribution in [2.24, 2.45) is 11.8 Å². The highest BCUT2D eigenvalue weighted by Crippen LogP contribution is 2.42. The van der Waals surface area contributed by atoms with E-state index in [2.05, 4.69) is 10.6 Å². The van der Waals surface area contributed by atoms with Crippen LogP contribution in [0.5, 0.6) is 0 Å². The lowest BCUT2D eigenvalue weighted by Gasteiger charge is -2.43. The zero-order chi connectivity index (χ0) is 25.4. The number of benzene rings is 1. The zero-order valence-corrected chi connectivity index (χ0v) is 22.1. The van der Waals surface area contributed by atoms with Gasteiger partial charge in [-0.05, 0) is 57.6 Å². The zero-order valence-electron chi connectivity index (χ0n) is 22.1. The quantitative estimate of drug-likeness (QED) is 0.357. The maximum atomic E-state index is 13.4. The van der Waals surface area contributed by atoms with Crippen LogP contribution in [0.25, 0.3) is 11.0 Å². The minimum atomic E-state index is -1.07. The topological polar surface area (TPSA) is 87.0 Å². The molecule has 2 fully saturated rings. The average Bonchev–Trinajstić information content (AvgIpc) is 3.58. The Morgan fingerprint density at radius 3 is 2.83 bits per heavy atom. The number of nitrogens with zero attached hydrogens (tertiary/aromatic N) is 1. The summed E-state index contributed by atoms with van der Waals surface area (Å²) in [6, 6.07) is 8.07. The van der Waals surface area contributed by atoms with Gasteiger partial charge in [-0.15, -0.1) is 0 Å². The van der Waals surface area contributed by atoms with Crippen LogP contribution in [0, 0.1) is 11.8 Å². The summed E-state index contributed by atoms with van der Waals surface area (Å²) in [7, 11) is 3.66. The van der Waals surface area contributed by atoms with E-state index >= 15 is 0 Å². The number of piperidine rings is 1. The van der Waals surface area contributed by atoms with Crippen molar-refractivity contribution in [3.05, 3.63) is 36.1 Å². The van der Waals surface area contributed by atoms with Gasteiger partial charge in [0.05, 0.1) is 11.9 Å². The fraction of sp³-hybridized carbons (Fsp3) is 0.690. The predicted molar refractivity (Wildman–Crippen MR) is 143 cm³/mol. The van der Waals surface area contributed by atoms with Gasteiger partial charge in [0, 0.05) is 56.3 Å². The van der Waals surface area contributed by atoms with Crippen LogP contribution in [0.15, 0.2) is 34.9 Å². The van der Waals surface area contributed by atoms with Gasteiger partial charge in [-0.3, -0.25) is 0 Å². The van der Waals surface area contributed by atoms with Crippen LogP contribution in [-0.2, 0) is 10.3 Å². The van der Waals surface area contributed by atoms with E-state index in [-0.39, 0.29) is 18.0 Å². The van der Waals surface area contributed by atoms with Crippen LogP contribution in [0.4, 0.5) is 4.79 Å². The van der Waals surface area contributed by atoms with E-state index in [0.717, 1.165) is 61.7 Å². The second kappa shape index (κ2) is 12.9. The van der Waals surface area contributed by atoms with E-state index in [1.54, 1.807) is 13.4 Å². The number of furan rings is 1. The Kier molecular flexibility index (Phi) is 9.68. The Bertz CT molecular complexity index is 957. The van der Waals surface area contributed by atoms with Gasteiger partial charge in [0.15, 0.2) is 0 Å². The molecule has 7 heteroatoms. The summed E-state index contributed by atoms with van der Waals surface area (Å²) in [4.78, 5) is 15.3. The molecule has 0 radical (unpaired) electrons. The predicted octanol–water partition coefficient (Wildman–Crippen LogP) is 5.03. The molecule has 2 heterocycles. The van der Waals surface area contributed by atoms with Gasteiger partial charge in [0.25, 0.3) is 0 Å². The number of amides is 2. The fourth-order valence-electron chi connectivity index (χ4n) is 6.44. The lowest BCUT2D eigenvalue weighted by atomic mass is 9.73. The Labute approximate surface area is 215 Å². The molecule has 36 heavy (non-hydrogen) atoms. The third-order valence-corrected chi connectivity index (χ3v) is 8.36. The molecule has 2 amide bonds. The monoisotopic (exact) mass is 499 g/mol. The molecule has 7 nitrogen and oxygen atoms in total. The molecule has 0 spiro atoms. The maximum absolute atomic E-state index is 13.4. The first-order valence-electron chi connectivity index (χ1n) is 13.9. The number of unbranched alkanes of at least 4 members (excludes halogenated alkanes) is 1. The molecule has 2 aliphatic rings. The van der Waals surface area contributed by atoms with Crippen molar-refractivity contribution in [3.8, 4) is 0 Å². The smallest absolute Gasteiger partial charge is 0.317 e. The second-order valence-corrected chi connectivity index (χ2v) is 10.9. The lowest BCUT2D eigenvalue weighted by molar-refractivity contribution is -0.0558. The van der Waals surface area contributed by atoms with Crippen molar-refractivity contribution in [3.63, 3.8) is 0 Å². The molecule has 200 valence electrons. The summed E-state index contributed by atoms with van der Waals surface area (Å²) in [6.07, 6.45) is 12.0. The Balaban J connectivity index is 1.49. The molecule has 1 saturated heterocycles. The first-order valence-corrected chi connectivity index (χ1v) is 13.9. The summed E-state index contributed by atoms with van der Waals surface area (Å²) >= 11 is 0. The van der Waals surface area contributed by atoms with Gasteiger partial charge in [-0.2, -0.15) is 0 Å². The van der Waals surface area contributed by atoms with Crippen LogP contribution < -0.4 is 10.6 Å². The van der Waals surface area contributed by atoms with Gasteiger partial charge in [-0.25, -0.2) is 4.79 Å². The molecular weight excluding hydrogens is 454 g/mol. The van der Waals surface area contributed by atoms with E-state index in [9.17, 15) is 9.90 Å². The van der Waals surface area contributed by atoms with Crippen molar-refractivity contribution in [2.75, 3.05) is 40.4 Å². The minimum absolute atomic E-state index is 0.00381. The summed E-state index contributed by atoms with van der Waals surface area (Å²) < 4.78 is 11.1. The van der Waals surface area contributed by atoms with E-state index in [1.165, 1.54) is 25.7 Å². The highest BCUT2D eigenvalue weighted by atomic mass is 16.5. The van der Waals surface area contributed by atoms with Crippen LogP contribution in [-0.4, -0.2) is 62.5 Å². The number of aliphatic hydroxyl groups is 1. The molecule has 4 rings (SSSR count). The minimum Gasteiger partial charge on any atom is -0.464 e. The number of nitrogens with one attached hydrogen (secondary N) is 2. The van der Waals surface area contributed by atoms with Crippen LogP contribution in [0.3, 0.4) is 0 Å². The van der Waals surface area contributed by atoms with Crippen molar-refractivity contribution in [2.45, 2.75) is 75.9 Å². The number of para-hydroxylation sites is 1. The van der Waals surface area contributed by atoms with Crippen LogP contribution in [0.2, 0.25) is 0 Å². The van der Waals surface area contributed by atoms with Gasteiger partial charge >= 0.3 is 6.03 Å². The van der Waals surface area contributed by atoms with Gasteiger partial charge in [0.1, 0.15) is 5.58 Å². The molecule has 0 bridgehead atoms. The number of carbonyl (C=O) groups is 1. The summed E-state index contributed by atoms with van der Waals surface area (Å²) in [5, 5.41) is 19.9. The van der Waals surface area contributed by atoms with Crippen molar-refractivity contribution >= 4 is 17.0 Å². The van der Waals surface area contributed by atoms with Gasteiger partial charge < -0.3 is 29.8 Å². The highest BCUT2D eigenvalue weighted by Gasteiger charge is 2.43.